The minimum Gasteiger partial charge on any atom is -0.508 e. The van der Waals surface area contributed by atoms with Crippen LogP contribution in [0.3, 0.4) is 0 Å². The summed E-state index contributed by atoms with van der Waals surface area (Å²) >= 11 is 0. The number of amides is 1. The molecule has 0 unspecified atom stereocenters. The predicted molar refractivity (Wildman–Crippen MR) is 65.8 cm³/mol. The number of nitro groups is 1. The molecule has 1 atom stereocenters. The maximum Gasteiger partial charge on any atom is 0.407 e. The summed E-state index contributed by atoms with van der Waals surface area (Å²) < 4.78 is 4.90. The number of carbonyl (C=O) groups excluding carboxylic acids is 1. The molecule has 1 aliphatic rings. The molecule has 1 aromatic carbocycles. The molecular weight excluding hydrogens is 252 g/mol. The molecule has 1 saturated heterocycles. The summed E-state index contributed by atoms with van der Waals surface area (Å²) in [4.78, 5) is 21.6. The first-order valence-electron chi connectivity index (χ1n) is 5.72. The zero-order valence-corrected chi connectivity index (χ0v) is 10.5. The number of aromatic hydroxyl groups is 1. The highest BCUT2D eigenvalue weighted by molar-refractivity contribution is 5.69. The summed E-state index contributed by atoms with van der Waals surface area (Å²) in [7, 11) is 0. The maximum absolute atomic E-state index is 11.3. The van der Waals surface area contributed by atoms with E-state index in [1.54, 1.807) is 0 Å². The second kappa shape index (κ2) is 4.42. The van der Waals surface area contributed by atoms with Gasteiger partial charge in [0.2, 0.25) is 0 Å². The van der Waals surface area contributed by atoms with Gasteiger partial charge in [-0.1, -0.05) is 13.8 Å². The highest BCUT2D eigenvalue weighted by Gasteiger charge is 2.39. The number of non-ortho nitro benzene ring substituents is 1. The Morgan fingerprint density at radius 3 is 2.84 bits per heavy atom. The van der Waals surface area contributed by atoms with Crippen LogP contribution in [0.4, 0.5) is 10.5 Å². The lowest BCUT2D eigenvalue weighted by atomic mass is 9.80. The first-order chi connectivity index (χ1) is 8.81. The number of nitrogens with zero attached hydrogens (tertiary/aromatic N) is 1. The fraction of sp³-hybridized carbons (Fsp3) is 0.417. The monoisotopic (exact) mass is 266 g/mol. The fourth-order valence-electron chi connectivity index (χ4n) is 2.08. The highest BCUT2D eigenvalue weighted by atomic mass is 16.6. The molecule has 0 bridgehead atoms. The molecule has 1 aromatic rings. The number of alkyl carbamates (subject to hydrolysis) is 1. The van der Waals surface area contributed by atoms with Gasteiger partial charge >= 0.3 is 6.09 Å². The van der Waals surface area contributed by atoms with Gasteiger partial charge in [0.1, 0.15) is 12.4 Å². The van der Waals surface area contributed by atoms with E-state index in [0.717, 1.165) is 0 Å². The van der Waals surface area contributed by atoms with Crippen molar-refractivity contribution in [2.24, 2.45) is 5.41 Å². The van der Waals surface area contributed by atoms with E-state index in [1.807, 2.05) is 13.8 Å². The minimum atomic E-state index is -0.602. The predicted octanol–water partition coefficient (Wildman–Crippen LogP) is 2.11. The van der Waals surface area contributed by atoms with Crippen molar-refractivity contribution in [2.45, 2.75) is 19.9 Å². The number of hydrogen-bond acceptors (Lipinski definition) is 5. The summed E-state index contributed by atoms with van der Waals surface area (Å²) in [5, 5.41) is 23.2. The van der Waals surface area contributed by atoms with Gasteiger partial charge < -0.3 is 15.2 Å². The first kappa shape index (κ1) is 13.1. The number of phenolic OH excluding ortho intramolecular Hbond substituents is 1. The standard InChI is InChI=1S/C12H14N2O5/c1-12(2)6-19-11(16)13-10(12)8-5-7(14(17)18)3-4-9(8)15/h3-5,10,15H,6H2,1-2H3,(H,13,16)/t10-/m1/s1. The third-order valence-corrected chi connectivity index (χ3v) is 3.15. The topological polar surface area (TPSA) is 102 Å². The van der Waals surface area contributed by atoms with Crippen molar-refractivity contribution in [3.8, 4) is 5.75 Å². The third-order valence-electron chi connectivity index (χ3n) is 3.15. The summed E-state index contributed by atoms with van der Waals surface area (Å²) in [6, 6.07) is 3.19. The normalized spacial score (nSPS) is 21.4. The summed E-state index contributed by atoms with van der Waals surface area (Å²) in [5.74, 6) is -0.0918. The molecule has 2 N–H and O–H groups in total. The second-order valence-corrected chi connectivity index (χ2v) is 5.14. The number of phenols is 1. The lowest BCUT2D eigenvalue weighted by molar-refractivity contribution is -0.385. The summed E-state index contributed by atoms with van der Waals surface area (Å²) in [5.41, 5.74) is -0.305. The van der Waals surface area contributed by atoms with E-state index in [9.17, 15) is 20.0 Å². The Morgan fingerprint density at radius 2 is 2.21 bits per heavy atom. The van der Waals surface area contributed by atoms with Crippen molar-refractivity contribution in [2.75, 3.05) is 6.61 Å². The molecule has 0 radical (unpaired) electrons. The van der Waals surface area contributed by atoms with E-state index in [2.05, 4.69) is 5.32 Å². The Bertz CT molecular complexity index is 541. The van der Waals surface area contributed by atoms with Gasteiger partial charge in [-0.3, -0.25) is 10.1 Å². The van der Waals surface area contributed by atoms with E-state index in [4.69, 9.17) is 4.74 Å². The lowest BCUT2D eigenvalue weighted by Crippen LogP contribution is -2.46. The van der Waals surface area contributed by atoms with Crippen LogP contribution in [0, 0.1) is 15.5 Å². The molecule has 1 heterocycles. The zero-order chi connectivity index (χ0) is 14.2. The number of carbonyl (C=O) groups is 1. The Hall–Kier alpha value is -2.31. The molecule has 1 amide bonds. The molecule has 0 aliphatic carbocycles. The van der Waals surface area contributed by atoms with Crippen molar-refractivity contribution in [3.63, 3.8) is 0 Å². The van der Waals surface area contributed by atoms with Crippen molar-refractivity contribution in [3.05, 3.63) is 33.9 Å². The number of nitrogens with one attached hydrogen (secondary N) is 1. The largest absolute Gasteiger partial charge is 0.508 e. The van der Waals surface area contributed by atoms with E-state index in [-0.39, 0.29) is 18.0 Å². The summed E-state index contributed by atoms with van der Waals surface area (Å²) in [6.45, 7) is 3.86. The van der Waals surface area contributed by atoms with Gasteiger partial charge in [-0.25, -0.2) is 4.79 Å². The van der Waals surface area contributed by atoms with Crippen LogP contribution in [-0.2, 0) is 4.74 Å². The number of cyclic esters (lactones) is 1. The number of ether oxygens (including phenoxy) is 1. The average Bonchev–Trinajstić information content (AvgIpc) is 2.33. The summed E-state index contributed by atoms with van der Waals surface area (Å²) in [6.07, 6.45) is -0.602. The van der Waals surface area contributed by atoms with Crippen LogP contribution < -0.4 is 5.32 Å². The Labute approximate surface area is 109 Å². The van der Waals surface area contributed by atoms with Gasteiger partial charge in [-0.2, -0.15) is 0 Å². The molecule has 102 valence electrons. The van der Waals surface area contributed by atoms with Gasteiger partial charge in [-0.15, -0.1) is 0 Å². The van der Waals surface area contributed by atoms with Gasteiger partial charge in [0.15, 0.2) is 0 Å². The molecule has 7 heteroatoms. The number of benzene rings is 1. The molecule has 2 rings (SSSR count). The number of hydrogen-bond donors (Lipinski definition) is 2. The molecule has 19 heavy (non-hydrogen) atoms. The van der Waals surface area contributed by atoms with Crippen LogP contribution in [0.1, 0.15) is 25.5 Å². The third kappa shape index (κ3) is 2.44. The minimum absolute atomic E-state index is 0.0918. The van der Waals surface area contributed by atoms with Gasteiger partial charge in [0.25, 0.3) is 5.69 Å². The maximum atomic E-state index is 11.3. The lowest BCUT2D eigenvalue weighted by Gasteiger charge is -2.38. The molecule has 0 spiro atoms. The highest BCUT2D eigenvalue weighted by Crippen LogP contribution is 2.41. The van der Waals surface area contributed by atoms with Gasteiger partial charge in [0, 0.05) is 23.1 Å². The zero-order valence-electron chi connectivity index (χ0n) is 10.5. The molecule has 0 aromatic heterocycles. The Kier molecular flexibility index (Phi) is 3.05. The van der Waals surface area contributed by atoms with Crippen LogP contribution in [-0.4, -0.2) is 22.7 Å². The van der Waals surface area contributed by atoms with Crippen molar-refractivity contribution < 1.29 is 19.6 Å². The molecule has 0 saturated carbocycles. The van der Waals surface area contributed by atoms with E-state index >= 15 is 0 Å². The van der Waals surface area contributed by atoms with Crippen LogP contribution in [0.5, 0.6) is 5.75 Å². The van der Waals surface area contributed by atoms with Crippen LogP contribution in [0.15, 0.2) is 18.2 Å². The number of rotatable bonds is 2. The van der Waals surface area contributed by atoms with Crippen LogP contribution >= 0.6 is 0 Å². The SMILES string of the molecule is CC1(C)COC(=O)N[C@@H]1c1cc([N+](=O)[O-])ccc1O. The quantitative estimate of drug-likeness (QED) is 0.630. The average molecular weight is 266 g/mol. The van der Waals surface area contributed by atoms with E-state index in [1.165, 1.54) is 18.2 Å². The smallest absolute Gasteiger partial charge is 0.407 e. The van der Waals surface area contributed by atoms with Crippen LogP contribution in [0.2, 0.25) is 0 Å². The van der Waals surface area contributed by atoms with Crippen molar-refractivity contribution >= 4 is 11.8 Å². The second-order valence-electron chi connectivity index (χ2n) is 5.14. The molecule has 1 aliphatic heterocycles. The van der Waals surface area contributed by atoms with Gasteiger partial charge in [0.05, 0.1) is 11.0 Å². The van der Waals surface area contributed by atoms with Crippen molar-refractivity contribution in [1.82, 2.24) is 5.32 Å². The molecule has 7 nitrogen and oxygen atoms in total. The van der Waals surface area contributed by atoms with E-state index < -0.39 is 22.5 Å². The Morgan fingerprint density at radius 1 is 1.53 bits per heavy atom. The van der Waals surface area contributed by atoms with Crippen molar-refractivity contribution in [1.29, 1.82) is 0 Å². The van der Waals surface area contributed by atoms with E-state index in [0.29, 0.717) is 5.56 Å². The van der Waals surface area contributed by atoms with Gasteiger partial charge in [-0.05, 0) is 6.07 Å². The first-order valence-corrected chi connectivity index (χ1v) is 5.72. The number of nitro benzene ring substituents is 1. The molecular formula is C12H14N2O5. The molecule has 1 fully saturated rings. The van der Waals surface area contributed by atoms with Crippen LogP contribution in [0.25, 0.3) is 0 Å². The fourth-order valence-corrected chi connectivity index (χ4v) is 2.08. The Balaban J connectivity index is 2.46.